The zero-order chi connectivity index (χ0) is 31.3. The third-order valence-electron chi connectivity index (χ3n) is 7.14. The molecule has 42 heavy (non-hydrogen) atoms. The molecule has 246 valence electrons. The lowest BCUT2D eigenvalue weighted by atomic mass is 9.94. The predicted octanol–water partition coefficient (Wildman–Crippen LogP) is -8.05. The molecule has 3 fully saturated rings. The Morgan fingerprint density at radius 3 is 1.74 bits per heavy atom. The van der Waals surface area contributed by atoms with Gasteiger partial charge in [-0.1, -0.05) is 0 Å². The molecule has 3 rings (SSSR count). The second-order valence-electron chi connectivity index (χ2n) is 10.2. The van der Waals surface area contributed by atoms with Gasteiger partial charge < -0.3 is 89.9 Å². The van der Waals surface area contributed by atoms with Crippen molar-refractivity contribution in [3.05, 3.63) is 0 Å². The van der Waals surface area contributed by atoms with Crippen LogP contribution in [0.25, 0.3) is 0 Å². The second-order valence-corrected chi connectivity index (χ2v) is 10.2. The van der Waals surface area contributed by atoms with Gasteiger partial charge in [0.05, 0.1) is 33.0 Å². The third kappa shape index (κ3) is 7.89. The Morgan fingerprint density at radius 2 is 1.19 bits per heavy atom. The second kappa shape index (κ2) is 15.7. The summed E-state index contributed by atoms with van der Waals surface area (Å²) in [5.41, 5.74) is 0. The first kappa shape index (κ1) is 35.3. The van der Waals surface area contributed by atoms with Crippen LogP contribution in [0.1, 0.15) is 6.92 Å². The van der Waals surface area contributed by atoms with Crippen molar-refractivity contribution in [1.29, 1.82) is 0 Å². The average molecular weight is 620 g/mol. The minimum absolute atomic E-state index is 0.512. The molecule has 3 heterocycles. The van der Waals surface area contributed by atoms with Crippen molar-refractivity contribution in [2.45, 2.75) is 105 Å². The molecule has 1 unspecified atom stereocenters. The number of aliphatic hydroxyl groups excluding tert-OH is 11. The fraction of sp³-hybridized carbons (Fsp3) is 0.957. The summed E-state index contributed by atoms with van der Waals surface area (Å²) in [6, 6.07) is -1.52. The number of carbonyl (C=O) groups excluding carboxylic acids is 1. The standard InChI is InChI=1S/C23H41NO18/c1-7(29)24-12-19(41-23-17(35)16(34)13(31)9(3-26)40-23)14(32)10(4-27)38-21(12)42-20-15(33)11(5-28)39-22(18(20)36)37-6-8(30)2-25/h8-23,25-28,30-36H,2-6H2,1H3,(H,24,29)/t8?,9-,10-,11-,12-,13+,14-,15+,16+,17-,18-,19-,20+,21+,22+,23+/m1/s1. The normalized spacial score (nSPS) is 45.4. The van der Waals surface area contributed by atoms with E-state index in [0.717, 1.165) is 6.92 Å². The van der Waals surface area contributed by atoms with Gasteiger partial charge in [-0.3, -0.25) is 4.79 Å². The lowest BCUT2D eigenvalue weighted by Gasteiger charge is -2.49. The Balaban J connectivity index is 1.89. The van der Waals surface area contributed by atoms with Gasteiger partial charge in [0.15, 0.2) is 18.9 Å². The van der Waals surface area contributed by atoms with Crippen molar-refractivity contribution < 1.29 is 89.4 Å². The molecule has 19 heteroatoms. The minimum Gasteiger partial charge on any atom is -0.394 e. The van der Waals surface area contributed by atoms with Crippen molar-refractivity contribution in [2.75, 3.05) is 33.0 Å². The highest BCUT2D eigenvalue weighted by molar-refractivity contribution is 5.73. The highest BCUT2D eigenvalue weighted by Gasteiger charge is 2.54. The number of hydrogen-bond donors (Lipinski definition) is 12. The Bertz CT molecular complexity index is 839. The van der Waals surface area contributed by atoms with Gasteiger partial charge >= 0.3 is 0 Å². The number of ether oxygens (including phenoxy) is 6. The molecule has 3 aliphatic heterocycles. The maximum Gasteiger partial charge on any atom is 0.217 e. The van der Waals surface area contributed by atoms with E-state index in [4.69, 9.17) is 33.5 Å². The van der Waals surface area contributed by atoms with Gasteiger partial charge in [0.25, 0.3) is 0 Å². The monoisotopic (exact) mass is 619 g/mol. The number of nitrogens with one attached hydrogen (secondary N) is 1. The van der Waals surface area contributed by atoms with E-state index in [1.54, 1.807) is 0 Å². The maximum absolute atomic E-state index is 12.1. The van der Waals surface area contributed by atoms with Crippen LogP contribution in [-0.4, -0.2) is 193 Å². The smallest absolute Gasteiger partial charge is 0.217 e. The quantitative estimate of drug-likeness (QED) is 0.0965. The molecule has 3 aliphatic rings. The van der Waals surface area contributed by atoms with Crippen molar-refractivity contribution in [1.82, 2.24) is 5.32 Å². The summed E-state index contributed by atoms with van der Waals surface area (Å²) in [4.78, 5) is 12.1. The first-order chi connectivity index (χ1) is 19.9. The van der Waals surface area contributed by atoms with Crippen LogP contribution in [0.5, 0.6) is 0 Å². The number of rotatable bonds is 12. The molecule has 0 spiro atoms. The van der Waals surface area contributed by atoms with Gasteiger partial charge in [-0.25, -0.2) is 0 Å². The lowest BCUT2D eigenvalue weighted by molar-refractivity contribution is -0.366. The molecule has 3 saturated heterocycles. The van der Waals surface area contributed by atoms with Gasteiger partial charge in [0, 0.05) is 6.92 Å². The maximum atomic E-state index is 12.1. The molecular formula is C23H41NO18. The fourth-order valence-electron chi connectivity index (χ4n) is 4.83. The van der Waals surface area contributed by atoms with E-state index in [-0.39, 0.29) is 0 Å². The Hall–Kier alpha value is -1.21. The topological polar surface area (TPSA) is 307 Å². The van der Waals surface area contributed by atoms with E-state index in [1.165, 1.54) is 0 Å². The highest BCUT2D eigenvalue weighted by atomic mass is 16.7. The van der Waals surface area contributed by atoms with Gasteiger partial charge in [-0.15, -0.1) is 0 Å². The van der Waals surface area contributed by atoms with Crippen molar-refractivity contribution >= 4 is 5.91 Å². The molecular weight excluding hydrogens is 578 g/mol. The van der Waals surface area contributed by atoms with Crippen LogP contribution < -0.4 is 5.32 Å². The van der Waals surface area contributed by atoms with E-state index in [0.29, 0.717) is 0 Å². The van der Waals surface area contributed by atoms with Gasteiger partial charge in [-0.05, 0) is 0 Å². The lowest BCUT2D eigenvalue weighted by Crippen LogP contribution is -2.69. The molecule has 0 saturated carbocycles. The zero-order valence-corrected chi connectivity index (χ0v) is 22.6. The SMILES string of the molecule is CC(=O)N[C@H]1[C@H](O[C@H]2[C@@H](O)[C@@H](CO)O[C@H](OCC(O)CO)[C@@H]2O)O[C@H](CO)[C@@H](O)[C@@H]1O[C@@H]1O[C@H](CO)[C@H](O)[C@H](O)[C@H]1O. The van der Waals surface area contributed by atoms with Crippen LogP contribution in [0.15, 0.2) is 0 Å². The van der Waals surface area contributed by atoms with Gasteiger partial charge in [-0.2, -0.15) is 0 Å². The molecule has 1 amide bonds. The first-order valence-electron chi connectivity index (χ1n) is 13.2. The summed E-state index contributed by atoms with van der Waals surface area (Å²) in [6.07, 6.45) is -24.8. The predicted molar refractivity (Wildman–Crippen MR) is 130 cm³/mol. The molecule has 0 bridgehead atoms. The van der Waals surface area contributed by atoms with Crippen molar-refractivity contribution in [3.63, 3.8) is 0 Å². The molecule has 12 N–H and O–H groups in total. The summed E-state index contributed by atoms with van der Waals surface area (Å²) < 4.78 is 33.1. The van der Waals surface area contributed by atoms with E-state index in [1.807, 2.05) is 0 Å². The molecule has 0 aromatic heterocycles. The highest BCUT2D eigenvalue weighted by Crippen LogP contribution is 2.33. The van der Waals surface area contributed by atoms with E-state index < -0.39 is 137 Å². The van der Waals surface area contributed by atoms with E-state index in [9.17, 15) is 55.9 Å². The third-order valence-corrected chi connectivity index (χ3v) is 7.14. The van der Waals surface area contributed by atoms with E-state index >= 15 is 0 Å². The van der Waals surface area contributed by atoms with Crippen LogP contribution in [0.2, 0.25) is 0 Å². The Labute approximate surface area is 239 Å². The number of hydrogen-bond acceptors (Lipinski definition) is 18. The summed E-state index contributed by atoms with van der Waals surface area (Å²) in [6.45, 7) is -2.51. The molecule has 19 nitrogen and oxygen atoms in total. The largest absolute Gasteiger partial charge is 0.394 e. The van der Waals surface area contributed by atoms with Crippen LogP contribution in [0, 0.1) is 0 Å². The summed E-state index contributed by atoms with van der Waals surface area (Å²) in [5, 5.41) is 113. The first-order valence-corrected chi connectivity index (χ1v) is 13.2. The molecule has 0 aliphatic carbocycles. The Morgan fingerprint density at radius 1 is 0.690 bits per heavy atom. The van der Waals surface area contributed by atoms with Crippen LogP contribution in [-0.2, 0) is 33.2 Å². The molecule has 0 radical (unpaired) electrons. The van der Waals surface area contributed by atoms with E-state index in [2.05, 4.69) is 5.32 Å². The zero-order valence-electron chi connectivity index (χ0n) is 22.6. The van der Waals surface area contributed by atoms with Crippen LogP contribution in [0.3, 0.4) is 0 Å². The molecule has 0 aromatic rings. The van der Waals surface area contributed by atoms with Crippen molar-refractivity contribution in [3.8, 4) is 0 Å². The number of amides is 1. The fourth-order valence-corrected chi connectivity index (χ4v) is 4.83. The minimum atomic E-state index is -1.90. The summed E-state index contributed by atoms with van der Waals surface area (Å²) in [7, 11) is 0. The molecule has 16 atom stereocenters. The van der Waals surface area contributed by atoms with Gasteiger partial charge in [0.1, 0.15) is 79.3 Å². The van der Waals surface area contributed by atoms with Crippen LogP contribution >= 0.6 is 0 Å². The number of carbonyl (C=O) groups is 1. The summed E-state index contributed by atoms with van der Waals surface area (Å²) >= 11 is 0. The van der Waals surface area contributed by atoms with Crippen LogP contribution in [0.4, 0.5) is 0 Å². The number of aliphatic hydroxyl groups is 11. The molecule has 0 aromatic carbocycles. The van der Waals surface area contributed by atoms with Gasteiger partial charge in [0.2, 0.25) is 5.91 Å². The Kier molecular flexibility index (Phi) is 13.2. The average Bonchev–Trinajstić information content (AvgIpc) is 2.97. The van der Waals surface area contributed by atoms with Crippen molar-refractivity contribution in [2.24, 2.45) is 0 Å². The summed E-state index contributed by atoms with van der Waals surface area (Å²) in [5.74, 6) is -0.713.